The standard InChI is InChI=1S/C3H3F4.Ce/c1-3(6,7)2(4)5;/h1H3;/q-1;. The molecule has 0 aromatic carbocycles. The van der Waals surface area contributed by atoms with Crippen LogP contribution in [0, 0.1) is 48.2 Å². The zero-order valence-corrected chi connectivity index (χ0v) is 7.15. The van der Waals surface area contributed by atoms with Crippen LogP contribution in [0.2, 0.25) is 0 Å². The Hall–Kier alpha value is 1.10. The van der Waals surface area contributed by atoms with Crippen molar-refractivity contribution >= 4 is 0 Å². The Balaban J connectivity index is 0. The Morgan fingerprint density at radius 2 is 1.38 bits per heavy atom. The Morgan fingerprint density at radius 1 is 1.25 bits per heavy atom. The van der Waals surface area contributed by atoms with Gasteiger partial charge in [0.05, 0.1) is 6.43 Å². The van der Waals surface area contributed by atoms with Gasteiger partial charge in [0.15, 0.2) is 5.92 Å². The largest absolute Gasteiger partial charge is 0.415 e. The van der Waals surface area contributed by atoms with E-state index >= 15 is 0 Å². The van der Waals surface area contributed by atoms with Crippen molar-refractivity contribution in [2.24, 2.45) is 0 Å². The van der Waals surface area contributed by atoms with Crippen LogP contribution in [0.5, 0.6) is 0 Å². The molecule has 0 amide bonds. The molecule has 0 rings (SSSR count). The summed E-state index contributed by atoms with van der Waals surface area (Å²) in [6, 6.07) is 0. The van der Waals surface area contributed by atoms with Crippen LogP contribution in [-0.4, -0.2) is 5.92 Å². The minimum Gasteiger partial charge on any atom is -0.415 e. The van der Waals surface area contributed by atoms with E-state index < -0.39 is 12.3 Å². The van der Waals surface area contributed by atoms with Crippen LogP contribution in [0.15, 0.2) is 0 Å². The van der Waals surface area contributed by atoms with Crippen molar-refractivity contribution in [3.8, 4) is 0 Å². The second-order valence-corrected chi connectivity index (χ2v) is 1.15. The first kappa shape index (κ1) is 11.8. The molecule has 48 valence electrons. The van der Waals surface area contributed by atoms with Crippen molar-refractivity contribution < 1.29 is 59.3 Å². The topological polar surface area (TPSA) is 0 Å². The van der Waals surface area contributed by atoms with Crippen molar-refractivity contribution in [2.45, 2.75) is 12.8 Å². The molecule has 0 bridgehead atoms. The molecule has 0 fully saturated rings. The molecule has 0 aliphatic carbocycles. The summed E-state index contributed by atoms with van der Waals surface area (Å²) in [5.41, 5.74) is 0. The van der Waals surface area contributed by atoms with E-state index in [0.29, 0.717) is 0 Å². The molecule has 0 spiro atoms. The Morgan fingerprint density at radius 3 is 1.38 bits per heavy atom. The minimum atomic E-state index is -3.92. The fourth-order valence-electron chi connectivity index (χ4n) is 0. The number of hydrogen-bond acceptors (Lipinski definition) is 0. The van der Waals surface area contributed by atoms with Crippen LogP contribution in [0.3, 0.4) is 0 Å². The summed E-state index contributed by atoms with van der Waals surface area (Å²) in [7, 11) is 0. The SMILES string of the molecule is CC(F)(F)[C-](F)F.[Ce]. The quantitative estimate of drug-likeness (QED) is 0.497. The van der Waals surface area contributed by atoms with Crippen molar-refractivity contribution in [2.75, 3.05) is 0 Å². The van der Waals surface area contributed by atoms with Crippen molar-refractivity contribution in [1.82, 2.24) is 0 Å². The third-order valence-corrected chi connectivity index (χ3v) is 0.332. The third-order valence-electron chi connectivity index (χ3n) is 0.332. The van der Waals surface area contributed by atoms with Crippen LogP contribution >= 0.6 is 0 Å². The average Bonchev–Trinajstić information content (AvgIpc) is 1.31. The first-order chi connectivity index (χ1) is 2.94. The van der Waals surface area contributed by atoms with Gasteiger partial charge in [0.2, 0.25) is 0 Å². The molecule has 0 aliphatic rings. The summed E-state index contributed by atoms with van der Waals surface area (Å²) in [4.78, 5) is 0. The monoisotopic (exact) mass is 255 g/mol. The molecule has 0 unspecified atom stereocenters. The van der Waals surface area contributed by atoms with E-state index in [1.807, 2.05) is 0 Å². The smallest absolute Gasteiger partial charge is 0.186 e. The Labute approximate surface area is 78.0 Å². The van der Waals surface area contributed by atoms with Gasteiger partial charge in [-0.1, -0.05) is 0 Å². The number of halogens is 4. The first-order valence-electron chi connectivity index (χ1n) is 1.51. The predicted octanol–water partition coefficient (Wildman–Crippen LogP) is 2.07. The summed E-state index contributed by atoms with van der Waals surface area (Å²) in [6.07, 6.45) is -2.84. The fourth-order valence-corrected chi connectivity index (χ4v) is 0. The minimum absolute atomic E-state index is 0. The van der Waals surface area contributed by atoms with Crippen LogP contribution in [-0.2, 0) is 0 Å². The van der Waals surface area contributed by atoms with Gasteiger partial charge in [-0.25, -0.2) is 8.78 Å². The molecule has 0 radical (unpaired) electrons. The van der Waals surface area contributed by atoms with E-state index in [1.165, 1.54) is 0 Å². The maximum Gasteiger partial charge on any atom is 0.186 e. The molecule has 0 saturated carbocycles. The van der Waals surface area contributed by atoms with E-state index in [9.17, 15) is 17.6 Å². The molecular weight excluding hydrogens is 252 g/mol. The molecule has 0 heterocycles. The molecule has 0 aromatic rings. The van der Waals surface area contributed by atoms with Gasteiger partial charge in [0, 0.05) is 41.7 Å². The summed E-state index contributed by atoms with van der Waals surface area (Å²) in [6.45, 7) is 0.141. The van der Waals surface area contributed by atoms with Gasteiger partial charge >= 0.3 is 0 Å². The fraction of sp³-hybridized carbons (Fsp3) is 0.667. The van der Waals surface area contributed by atoms with Crippen molar-refractivity contribution in [1.29, 1.82) is 0 Å². The number of hydrogen-bond donors (Lipinski definition) is 0. The van der Waals surface area contributed by atoms with E-state index in [-0.39, 0.29) is 48.7 Å². The van der Waals surface area contributed by atoms with Gasteiger partial charge in [-0.15, -0.1) is 0 Å². The molecule has 0 nitrogen and oxygen atoms in total. The molecule has 0 N–H and O–H groups in total. The summed E-state index contributed by atoms with van der Waals surface area (Å²) < 4.78 is 43.5. The van der Waals surface area contributed by atoms with Gasteiger partial charge in [-0.3, -0.25) is 0 Å². The third kappa shape index (κ3) is 5.24. The Bertz CT molecular complexity index is 56.8. The van der Waals surface area contributed by atoms with Gasteiger partial charge in [-0.05, 0) is 6.92 Å². The predicted molar refractivity (Wildman–Crippen MR) is 16.1 cm³/mol. The second kappa shape index (κ2) is 4.00. The average molecular weight is 255 g/mol. The molecule has 5 heteroatoms. The van der Waals surface area contributed by atoms with E-state index in [0.717, 1.165) is 0 Å². The molecule has 0 saturated heterocycles. The van der Waals surface area contributed by atoms with Gasteiger partial charge in [0.1, 0.15) is 0 Å². The van der Waals surface area contributed by atoms with Crippen molar-refractivity contribution in [3.63, 3.8) is 0 Å². The van der Waals surface area contributed by atoms with Crippen LogP contribution in [0.1, 0.15) is 6.92 Å². The maximum absolute atomic E-state index is 11.1. The van der Waals surface area contributed by atoms with E-state index in [2.05, 4.69) is 0 Å². The first-order valence-corrected chi connectivity index (χ1v) is 1.51. The molecule has 0 aromatic heterocycles. The molecular formula is C3H3CeF4-. The molecule has 8 heavy (non-hydrogen) atoms. The van der Waals surface area contributed by atoms with E-state index in [4.69, 9.17) is 0 Å². The van der Waals surface area contributed by atoms with Gasteiger partial charge in [-0.2, -0.15) is 0 Å². The summed E-state index contributed by atoms with van der Waals surface area (Å²) >= 11 is 0. The normalized spacial score (nSPS) is 11.2. The Kier molecular flexibility index (Phi) is 5.92. The van der Waals surface area contributed by atoms with Gasteiger partial charge in [0.25, 0.3) is 0 Å². The van der Waals surface area contributed by atoms with Gasteiger partial charge < -0.3 is 8.78 Å². The second-order valence-electron chi connectivity index (χ2n) is 1.15. The number of alkyl halides is 2. The molecule has 0 atom stereocenters. The zero-order chi connectivity index (χ0) is 6.08. The van der Waals surface area contributed by atoms with Crippen LogP contribution < -0.4 is 0 Å². The summed E-state index contributed by atoms with van der Waals surface area (Å²) in [5, 5.41) is 0. The summed E-state index contributed by atoms with van der Waals surface area (Å²) in [5.74, 6) is -3.92. The number of rotatable bonds is 1. The van der Waals surface area contributed by atoms with Crippen molar-refractivity contribution in [3.05, 3.63) is 6.43 Å². The van der Waals surface area contributed by atoms with E-state index in [1.54, 1.807) is 0 Å². The van der Waals surface area contributed by atoms with Crippen LogP contribution in [0.4, 0.5) is 17.6 Å². The maximum atomic E-state index is 11.1. The molecule has 0 aliphatic heterocycles. The van der Waals surface area contributed by atoms with Crippen LogP contribution in [0.25, 0.3) is 0 Å². The zero-order valence-electron chi connectivity index (χ0n) is 4.01.